The predicted octanol–water partition coefficient (Wildman–Crippen LogP) is 6.07. The molecule has 2 aromatic carbocycles. The molecule has 0 saturated carbocycles. The molecule has 0 heterocycles. The maximum atomic E-state index is 14.4. The van der Waals surface area contributed by atoms with Crippen molar-refractivity contribution >= 4 is 51.9 Å². The molecule has 180 valence electrons. The zero-order valence-corrected chi connectivity index (χ0v) is 20.2. The Balaban J connectivity index is 2.32. The van der Waals surface area contributed by atoms with Crippen molar-refractivity contribution in [2.24, 2.45) is 0 Å². The van der Waals surface area contributed by atoms with E-state index in [1.54, 1.807) is 13.0 Å². The van der Waals surface area contributed by atoms with Crippen LogP contribution >= 0.6 is 34.4 Å². The lowest BCUT2D eigenvalue weighted by atomic mass is 9.98. The summed E-state index contributed by atoms with van der Waals surface area (Å²) in [5, 5.41) is 4.95. The molecule has 2 amide bonds. The number of amides is 2. The Labute approximate surface area is 204 Å². The second-order valence-electron chi connectivity index (χ2n) is 7.04. The Morgan fingerprint density at radius 1 is 1.12 bits per heavy atom. The maximum absolute atomic E-state index is 14.4. The lowest BCUT2D eigenvalue weighted by molar-refractivity contribution is -0.178. The van der Waals surface area contributed by atoms with E-state index >= 15 is 0 Å². The second kappa shape index (κ2) is 11.4. The number of carbonyl (C=O) groups excluding carboxylic acids is 2. The molecule has 33 heavy (non-hydrogen) atoms. The fourth-order valence-corrected chi connectivity index (χ4v) is 4.35. The van der Waals surface area contributed by atoms with Crippen LogP contribution in [0.3, 0.4) is 0 Å². The van der Waals surface area contributed by atoms with Gasteiger partial charge in [0, 0.05) is 15.4 Å². The summed E-state index contributed by atoms with van der Waals surface area (Å²) in [6, 6.07) is 6.02. The standard InChI is InChI=1S/C21H19F6IN2O2S/c1-10(9-33-2)29-20(32)16-12(4-3-5-14(16)28)19(31)30-15-7-6-11(8-13(15)22)17(18(23)24)21(25,26)27/h3-8,10,17-18H,9H2,1-2H3,(H,29,32)(H,30,31)/t10-,17?/m0/s1. The van der Waals surface area contributed by atoms with Crippen LogP contribution in [-0.2, 0) is 0 Å². The van der Waals surface area contributed by atoms with Crippen molar-refractivity contribution in [3.63, 3.8) is 0 Å². The number of hydrogen-bond acceptors (Lipinski definition) is 3. The van der Waals surface area contributed by atoms with Crippen LogP contribution in [0.2, 0.25) is 0 Å². The number of carbonyl (C=O) groups is 2. The van der Waals surface area contributed by atoms with E-state index in [0.29, 0.717) is 21.5 Å². The number of hydrogen-bond donors (Lipinski definition) is 2. The van der Waals surface area contributed by atoms with E-state index < -0.39 is 47.4 Å². The van der Waals surface area contributed by atoms with Crippen LogP contribution < -0.4 is 10.6 Å². The molecular formula is C21H19F6IN2O2S. The van der Waals surface area contributed by atoms with Crippen LogP contribution in [0.1, 0.15) is 39.1 Å². The molecule has 0 fully saturated rings. The van der Waals surface area contributed by atoms with Gasteiger partial charge in [0.25, 0.3) is 18.2 Å². The smallest absolute Gasteiger partial charge is 0.349 e. The lowest BCUT2D eigenvalue weighted by Gasteiger charge is -2.20. The molecule has 0 bridgehead atoms. The predicted molar refractivity (Wildman–Crippen MR) is 124 cm³/mol. The van der Waals surface area contributed by atoms with E-state index in [4.69, 9.17) is 0 Å². The highest BCUT2D eigenvalue weighted by molar-refractivity contribution is 14.1. The molecule has 0 radical (unpaired) electrons. The van der Waals surface area contributed by atoms with Crippen LogP contribution in [0.25, 0.3) is 0 Å². The summed E-state index contributed by atoms with van der Waals surface area (Å²) in [5.41, 5.74) is -1.51. The first-order valence-corrected chi connectivity index (χ1v) is 11.9. The molecule has 2 rings (SSSR count). The first-order valence-electron chi connectivity index (χ1n) is 9.40. The molecule has 0 spiro atoms. The summed E-state index contributed by atoms with van der Waals surface area (Å²) >= 11 is 3.38. The summed E-state index contributed by atoms with van der Waals surface area (Å²) < 4.78 is 79.4. The van der Waals surface area contributed by atoms with Gasteiger partial charge in [-0.25, -0.2) is 13.2 Å². The highest BCUT2D eigenvalue weighted by atomic mass is 127. The van der Waals surface area contributed by atoms with Crippen molar-refractivity contribution in [3.05, 3.63) is 62.5 Å². The van der Waals surface area contributed by atoms with Gasteiger partial charge in [0.1, 0.15) is 11.7 Å². The van der Waals surface area contributed by atoms with Crippen LogP contribution in [-0.4, -0.2) is 42.5 Å². The quantitative estimate of drug-likeness (QED) is 0.284. The highest BCUT2D eigenvalue weighted by Gasteiger charge is 2.47. The van der Waals surface area contributed by atoms with Crippen LogP contribution in [0, 0.1) is 9.39 Å². The minimum Gasteiger partial charge on any atom is -0.349 e. The van der Waals surface area contributed by atoms with E-state index in [1.807, 2.05) is 28.8 Å². The van der Waals surface area contributed by atoms with Crippen LogP contribution in [0.5, 0.6) is 0 Å². The van der Waals surface area contributed by atoms with Crippen molar-refractivity contribution in [3.8, 4) is 0 Å². The third-order valence-electron chi connectivity index (χ3n) is 4.48. The molecule has 12 heteroatoms. The number of anilines is 1. The Hall–Kier alpha value is -1.96. The number of benzene rings is 2. The first kappa shape index (κ1) is 27.3. The van der Waals surface area contributed by atoms with Gasteiger partial charge in [-0.15, -0.1) is 0 Å². The third kappa shape index (κ3) is 7.01. The van der Waals surface area contributed by atoms with Gasteiger partial charge in [0.2, 0.25) is 0 Å². The minimum atomic E-state index is -5.28. The molecule has 0 saturated heterocycles. The zero-order chi connectivity index (χ0) is 24.9. The monoisotopic (exact) mass is 604 g/mol. The number of nitrogens with one attached hydrogen (secondary N) is 2. The number of rotatable bonds is 8. The van der Waals surface area contributed by atoms with E-state index in [1.165, 1.54) is 23.9 Å². The first-order chi connectivity index (χ1) is 15.4. The van der Waals surface area contributed by atoms with Gasteiger partial charge in [-0.05, 0) is 65.6 Å². The third-order valence-corrected chi connectivity index (χ3v) is 6.22. The number of thioether (sulfide) groups is 1. The molecule has 0 aliphatic carbocycles. The average Bonchev–Trinajstić information content (AvgIpc) is 2.68. The maximum Gasteiger partial charge on any atom is 0.401 e. The van der Waals surface area contributed by atoms with E-state index in [2.05, 4.69) is 10.6 Å². The van der Waals surface area contributed by atoms with E-state index in [0.717, 1.165) is 6.07 Å². The molecule has 1 unspecified atom stereocenters. The van der Waals surface area contributed by atoms with Gasteiger partial charge in [0.05, 0.1) is 16.8 Å². The number of alkyl halides is 5. The molecular weight excluding hydrogens is 585 g/mol. The number of halogens is 7. The molecule has 2 atom stereocenters. The zero-order valence-electron chi connectivity index (χ0n) is 17.3. The molecule has 0 aliphatic rings. The van der Waals surface area contributed by atoms with Gasteiger partial charge < -0.3 is 10.6 Å². The van der Waals surface area contributed by atoms with E-state index in [-0.39, 0.29) is 17.2 Å². The molecule has 2 aromatic rings. The van der Waals surface area contributed by atoms with Crippen molar-refractivity contribution in [1.29, 1.82) is 0 Å². The fourth-order valence-electron chi connectivity index (χ4n) is 3.02. The second-order valence-corrected chi connectivity index (χ2v) is 9.11. The van der Waals surface area contributed by atoms with E-state index in [9.17, 15) is 35.9 Å². The van der Waals surface area contributed by atoms with Crippen LogP contribution in [0.15, 0.2) is 36.4 Å². The molecule has 0 aliphatic heterocycles. The van der Waals surface area contributed by atoms with Gasteiger partial charge >= 0.3 is 6.18 Å². The van der Waals surface area contributed by atoms with Gasteiger partial charge in [-0.3, -0.25) is 9.59 Å². The van der Waals surface area contributed by atoms with Crippen molar-refractivity contribution in [2.45, 2.75) is 31.5 Å². The van der Waals surface area contributed by atoms with Crippen molar-refractivity contribution < 1.29 is 35.9 Å². The Morgan fingerprint density at radius 2 is 1.79 bits per heavy atom. The summed E-state index contributed by atoms with van der Waals surface area (Å²) in [6.45, 7) is 1.79. The SMILES string of the molecule is CSC[C@H](C)NC(=O)c1c(I)cccc1C(=O)Nc1ccc(C(C(F)F)C(F)(F)F)cc1F. The molecule has 0 aromatic heterocycles. The topological polar surface area (TPSA) is 58.2 Å². The average molecular weight is 604 g/mol. The molecule has 2 N–H and O–H groups in total. The van der Waals surface area contributed by atoms with Crippen molar-refractivity contribution in [2.75, 3.05) is 17.3 Å². The van der Waals surface area contributed by atoms with Crippen LogP contribution in [0.4, 0.5) is 32.0 Å². The Kier molecular flexibility index (Phi) is 9.47. The van der Waals surface area contributed by atoms with Gasteiger partial charge in [-0.2, -0.15) is 24.9 Å². The summed E-state index contributed by atoms with van der Waals surface area (Å²) in [6.07, 6.45) is -7.20. The van der Waals surface area contributed by atoms with Gasteiger partial charge in [0.15, 0.2) is 0 Å². The molecule has 4 nitrogen and oxygen atoms in total. The normalized spacial score (nSPS) is 13.5. The Morgan fingerprint density at radius 3 is 2.33 bits per heavy atom. The highest BCUT2D eigenvalue weighted by Crippen LogP contribution is 2.40. The van der Waals surface area contributed by atoms with Crippen molar-refractivity contribution in [1.82, 2.24) is 5.32 Å². The largest absolute Gasteiger partial charge is 0.401 e. The fraction of sp³-hybridized carbons (Fsp3) is 0.333. The van der Waals surface area contributed by atoms with Gasteiger partial charge in [-0.1, -0.05) is 12.1 Å². The minimum absolute atomic E-state index is 0.0513. The Bertz CT molecular complexity index is 1020. The summed E-state index contributed by atoms with van der Waals surface area (Å²) in [5.74, 6) is -5.25. The lowest BCUT2D eigenvalue weighted by Crippen LogP contribution is -2.36. The summed E-state index contributed by atoms with van der Waals surface area (Å²) in [4.78, 5) is 25.5. The summed E-state index contributed by atoms with van der Waals surface area (Å²) in [7, 11) is 0.